The van der Waals surface area contributed by atoms with E-state index >= 15 is 0 Å². The van der Waals surface area contributed by atoms with Gasteiger partial charge in [-0.05, 0) is 50.5 Å². The average Bonchev–Trinajstić information content (AvgIpc) is 2.49. The van der Waals surface area contributed by atoms with Crippen LogP contribution in [0.1, 0.15) is 46.1 Å². The summed E-state index contributed by atoms with van der Waals surface area (Å²) in [6.45, 7) is 9.28. The molecular weight excluding hydrogens is 390 g/mol. The average molecular weight is 416 g/mol. The summed E-state index contributed by atoms with van der Waals surface area (Å²) in [5.74, 6) is 0.192. The lowest BCUT2D eigenvalue weighted by molar-refractivity contribution is -0.148. The lowest BCUT2D eigenvalue weighted by Crippen LogP contribution is -2.43. The van der Waals surface area contributed by atoms with Crippen molar-refractivity contribution in [3.8, 4) is 5.75 Å². The van der Waals surface area contributed by atoms with Crippen LogP contribution in [0.5, 0.6) is 5.75 Å². The van der Waals surface area contributed by atoms with Gasteiger partial charge in [-0.15, -0.1) is 0 Å². The number of ether oxygens (including phenoxy) is 3. The van der Waals surface area contributed by atoms with Gasteiger partial charge in [-0.25, -0.2) is 9.59 Å². The predicted octanol–water partition coefficient (Wildman–Crippen LogP) is 4.02. The number of rotatable bonds is 6. The number of halogens is 1. The van der Waals surface area contributed by atoms with Crippen molar-refractivity contribution in [1.82, 2.24) is 5.32 Å². The van der Waals surface area contributed by atoms with E-state index in [1.54, 1.807) is 26.8 Å². The zero-order valence-corrected chi connectivity index (χ0v) is 17.1. The van der Waals surface area contributed by atoms with E-state index in [1.807, 2.05) is 26.0 Å². The predicted molar refractivity (Wildman–Crippen MR) is 98.9 cm³/mol. The van der Waals surface area contributed by atoms with Crippen LogP contribution >= 0.6 is 15.9 Å². The lowest BCUT2D eigenvalue weighted by atomic mass is 10.0. The maximum Gasteiger partial charge on any atom is 0.407 e. The summed E-state index contributed by atoms with van der Waals surface area (Å²) in [6, 6.07) is 5.55. The molecule has 0 aromatic heterocycles. The van der Waals surface area contributed by atoms with E-state index in [4.69, 9.17) is 14.2 Å². The Bertz CT molecular complexity index is 610. The third kappa shape index (κ3) is 7.34. The molecule has 7 heteroatoms. The normalized spacial score (nSPS) is 12.5. The highest BCUT2D eigenvalue weighted by molar-refractivity contribution is 9.10. The summed E-state index contributed by atoms with van der Waals surface area (Å²) >= 11 is 3.43. The molecule has 0 saturated carbocycles. The number of benzene rings is 1. The molecule has 0 aliphatic heterocycles. The first-order valence-electron chi connectivity index (χ1n) is 8.04. The Labute approximate surface area is 157 Å². The van der Waals surface area contributed by atoms with Crippen molar-refractivity contribution in [3.05, 3.63) is 28.2 Å². The van der Waals surface area contributed by atoms with E-state index in [2.05, 4.69) is 21.2 Å². The molecule has 1 amide bonds. The number of amides is 1. The SMILES string of the molecule is COC(=O)C(CNC(=O)OC(C)(C)C)Oc1ccc(Br)cc1C(C)C. The fourth-order valence-corrected chi connectivity index (χ4v) is 2.40. The molecular formula is C18H26BrNO5. The highest BCUT2D eigenvalue weighted by Gasteiger charge is 2.25. The number of hydrogen-bond donors (Lipinski definition) is 1. The fourth-order valence-electron chi connectivity index (χ4n) is 2.03. The Morgan fingerprint density at radius 2 is 1.88 bits per heavy atom. The second-order valence-electron chi connectivity index (χ2n) is 6.85. The van der Waals surface area contributed by atoms with E-state index < -0.39 is 23.8 Å². The molecule has 0 radical (unpaired) electrons. The Balaban J connectivity index is 2.88. The van der Waals surface area contributed by atoms with Gasteiger partial charge in [-0.3, -0.25) is 0 Å². The van der Waals surface area contributed by atoms with E-state index in [0.717, 1.165) is 10.0 Å². The number of esters is 1. The summed E-state index contributed by atoms with van der Waals surface area (Å²) < 4.78 is 16.7. The van der Waals surface area contributed by atoms with Crippen molar-refractivity contribution in [3.63, 3.8) is 0 Å². The molecule has 1 unspecified atom stereocenters. The van der Waals surface area contributed by atoms with Gasteiger partial charge in [-0.1, -0.05) is 29.8 Å². The molecule has 0 heterocycles. The van der Waals surface area contributed by atoms with Crippen LogP contribution < -0.4 is 10.1 Å². The monoisotopic (exact) mass is 415 g/mol. The Hall–Kier alpha value is -1.76. The molecule has 0 aliphatic rings. The van der Waals surface area contributed by atoms with E-state index in [9.17, 15) is 9.59 Å². The molecule has 0 bridgehead atoms. The van der Waals surface area contributed by atoms with Gasteiger partial charge in [0, 0.05) is 4.47 Å². The first kappa shape index (κ1) is 21.3. The van der Waals surface area contributed by atoms with Crippen molar-refractivity contribution < 1.29 is 23.8 Å². The maximum absolute atomic E-state index is 12.0. The van der Waals surface area contributed by atoms with E-state index in [0.29, 0.717) is 5.75 Å². The Kier molecular flexibility index (Phi) is 7.73. The quantitative estimate of drug-likeness (QED) is 0.710. The van der Waals surface area contributed by atoms with Gasteiger partial charge in [0.15, 0.2) is 0 Å². The summed E-state index contributed by atoms with van der Waals surface area (Å²) in [4.78, 5) is 23.8. The fraction of sp³-hybridized carbons (Fsp3) is 0.556. The van der Waals surface area contributed by atoms with E-state index in [1.165, 1.54) is 7.11 Å². The topological polar surface area (TPSA) is 73.9 Å². The highest BCUT2D eigenvalue weighted by atomic mass is 79.9. The largest absolute Gasteiger partial charge is 0.477 e. The molecule has 1 N–H and O–H groups in total. The molecule has 0 fully saturated rings. The minimum Gasteiger partial charge on any atom is -0.477 e. The minimum absolute atomic E-state index is 0.0603. The van der Waals surface area contributed by atoms with Gasteiger partial charge in [0.1, 0.15) is 11.4 Å². The van der Waals surface area contributed by atoms with Crippen LogP contribution in [0.25, 0.3) is 0 Å². The van der Waals surface area contributed by atoms with Crippen molar-refractivity contribution in [1.29, 1.82) is 0 Å². The van der Waals surface area contributed by atoms with Crippen LogP contribution in [-0.2, 0) is 14.3 Å². The van der Waals surface area contributed by atoms with Crippen LogP contribution in [0, 0.1) is 0 Å². The summed E-state index contributed by atoms with van der Waals surface area (Å²) in [7, 11) is 1.27. The zero-order chi connectivity index (χ0) is 19.2. The summed E-state index contributed by atoms with van der Waals surface area (Å²) in [6.07, 6.45) is -1.60. The van der Waals surface area contributed by atoms with Crippen molar-refractivity contribution in [2.24, 2.45) is 0 Å². The first-order valence-corrected chi connectivity index (χ1v) is 8.83. The van der Waals surface area contributed by atoms with Crippen LogP contribution in [0.4, 0.5) is 4.79 Å². The standard InChI is InChI=1S/C18H26BrNO5/c1-11(2)13-9-12(19)7-8-14(13)24-15(16(21)23-6)10-20-17(22)25-18(3,4)5/h7-9,11,15H,10H2,1-6H3,(H,20,22). The Morgan fingerprint density at radius 3 is 2.40 bits per heavy atom. The number of methoxy groups -OCH3 is 1. The summed E-state index contributed by atoms with van der Waals surface area (Å²) in [5.41, 5.74) is 0.322. The van der Waals surface area contributed by atoms with Gasteiger partial charge >= 0.3 is 12.1 Å². The van der Waals surface area contributed by atoms with Crippen LogP contribution in [-0.4, -0.2) is 37.4 Å². The van der Waals surface area contributed by atoms with Gasteiger partial charge in [-0.2, -0.15) is 0 Å². The number of nitrogens with one attached hydrogen (secondary N) is 1. The van der Waals surface area contributed by atoms with Crippen LogP contribution in [0.3, 0.4) is 0 Å². The van der Waals surface area contributed by atoms with E-state index in [-0.39, 0.29) is 12.5 Å². The second-order valence-corrected chi connectivity index (χ2v) is 7.76. The number of carbonyl (C=O) groups is 2. The number of alkyl carbamates (subject to hydrolysis) is 1. The molecule has 0 aliphatic carbocycles. The second kappa shape index (κ2) is 9.08. The molecule has 140 valence electrons. The van der Waals surface area contributed by atoms with Crippen LogP contribution in [0.15, 0.2) is 22.7 Å². The van der Waals surface area contributed by atoms with Crippen molar-refractivity contribution in [2.45, 2.75) is 52.2 Å². The Morgan fingerprint density at radius 1 is 1.24 bits per heavy atom. The summed E-state index contributed by atoms with van der Waals surface area (Å²) in [5, 5.41) is 2.54. The van der Waals surface area contributed by atoms with Crippen molar-refractivity contribution >= 4 is 28.0 Å². The van der Waals surface area contributed by atoms with Crippen molar-refractivity contribution in [2.75, 3.05) is 13.7 Å². The highest BCUT2D eigenvalue weighted by Crippen LogP contribution is 2.30. The minimum atomic E-state index is -0.976. The third-order valence-corrected chi connectivity index (χ3v) is 3.65. The van der Waals surface area contributed by atoms with Gasteiger partial charge in [0.05, 0.1) is 13.7 Å². The molecule has 25 heavy (non-hydrogen) atoms. The molecule has 1 aromatic rings. The first-order chi connectivity index (χ1) is 11.5. The number of hydrogen-bond acceptors (Lipinski definition) is 5. The maximum atomic E-state index is 12.0. The third-order valence-electron chi connectivity index (χ3n) is 3.16. The molecule has 1 aromatic carbocycles. The number of carbonyl (C=O) groups excluding carboxylic acids is 2. The van der Waals surface area contributed by atoms with Gasteiger partial charge in [0.2, 0.25) is 6.10 Å². The smallest absolute Gasteiger partial charge is 0.407 e. The molecule has 0 spiro atoms. The lowest BCUT2D eigenvalue weighted by Gasteiger charge is -2.23. The molecule has 1 rings (SSSR count). The van der Waals surface area contributed by atoms with Crippen LogP contribution in [0.2, 0.25) is 0 Å². The van der Waals surface area contributed by atoms with Gasteiger partial charge in [0.25, 0.3) is 0 Å². The molecule has 0 saturated heterocycles. The zero-order valence-electron chi connectivity index (χ0n) is 15.5. The van der Waals surface area contributed by atoms with Gasteiger partial charge < -0.3 is 19.5 Å². The molecule has 1 atom stereocenters. The molecule has 6 nitrogen and oxygen atoms in total.